The molecule has 41 heavy (non-hydrogen) atoms. The number of benzene rings is 1. The summed E-state index contributed by atoms with van der Waals surface area (Å²) in [6.07, 6.45) is -5.64. The molecule has 0 bridgehead atoms. The second-order valence-electron chi connectivity index (χ2n) is 9.06. The number of rotatable bonds is 8. The first-order chi connectivity index (χ1) is 19.4. The highest BCUT2D eigenvalue weighted by atomic mass is 32.2. The number of ether oxygens (including phenoxy) is 5. The van der Waals surface area contributed by atoms with Crippen LogP contribution in [-0.4, -0.2) is 70.7 Å². The third-order valence-electron chi connectivity index (χ3n) is 5.92. The van der Waals surface area contributed by atoms with E-state index in [-0.39, 0.29) is 16.4 Å². The van der Waals surface area contributed by atoms with Crippen molar-refractivity contribution >= 4 is 35.6 Å². The second-order valence-corrected chi connectivity index (χ2v) is 9.84. The summed E-state index contributed by atoms with van der Waals surface area (Å²) in [5.41, 5.74) is 0.461. The summed E-state index contributed by atoms with van der Waals surface area (Å²) in [4.78, 5) is 66.5. The lowest BCUT2D eigenvalue weighted by atomic mass is 9.96. The van der Waals surface area contributed by atoms with Gasteiger partial charge in [0.2, 0.25) is 0 Å². The normalized spacial score (nSPS) is 21.7. The molecule has 14 heteroatoms. The van der Waals surface area contributed by atoms with Crippen LogP contribution in [0, 0.1) is 18.3 Å². The van der Waals surface area contributed by atoms with E-state index in [1.807, 2.05) is 25.1 Å². The highest BCUT2D eigenvalue weighted by Gasteiger charge is 2.53. The summed E-state index contributed by atoms with van der Waals surface area (Å²) in [5, 5.41) is 10.1. The number of aryl methyl sites for hydroxylation is 1. The largest absolute Gasteiger partial charge is 0.463 e. The van der Waals surface area contributed by atoms with Gasteiger partial charge < -0.3 is 23.7 Å². The van der Waals surface area contributed by atoms with Gasteiger partial charge in [-0.05, 0) is 13.2 Å². The number of thioether (sulfide) groups is 1. The highest BCUT2D eigenvalue weighted by Crippen LogP contribution is 2.36. The molecule has 0 spiro atoms. The first kappa shape index (κ1) is 31.3. The van der Waals surface area contributed by atoms with Crippen LogP contribution in [-0.2, 0) is 42.9 Å². The van der Waals surface area contributed by atoms with Crippen molar-refractivity contribution in [1.82, 2.24) is 9.55 Å². The average Bonchev–Trinajstić information content (AvgIpc) is 2.89. The Balaban J connectivity index is 2.29. The number of carbonyl (C=O) groups is 4. The molecule has 1 fully saturated rings. The minimum atomic E-state index is -1.54. The van der Waals surface area contributed by atoms with Crippen LogP contribution >= 0.6 is 11.8 Å². The van der Waals surface area contributed by atoms with E-state index in [1.165, 1.54) is 0 Å². The first-order valence-corrected chi connectivity index (χ1v) is 13.6. The number of hydrogen-bond donors (Lipinski definition) is 0. The van der Waals surface area contributed by atoms with Gasteiger partial charge in [-0.3, -0.25) is 28.5 Å². The Morgan fingerprint density at radius 3 is 2.02 bits per heavy atom. The molecule has 218 valence electrons. The predicted octanol–water partition coefficient (Wildman–Crippen LogP) is 2.07. The van der Waals surface area contributed by atoms with Crippen LogP contribution in [0.5, 0.6) is 0 Å². The Bertz CT molecular complexity index is 1430. The molecule has 0 unspecified atom stereocenters. The van der Waals surface area contributed by atoms with Crippen LogP contribution in [0.4, 0.5) is 0 Å². The standard InChI is InChI=1S/C27H29N3O10S/c1-13-7-9-18(10-8-13)21-19(11-28)25(35)30(27(29-21)41-6)26-24(39-17(5)34)23(38-16(4)33)22(37-15(3)32)20(40-26)12-36-14(2)31/h7-10,20,22-24,26H,12H2,1-6H3/t20-,22-,23+,24-,26-/m1/s1. The van der Waals surface area contributed by atoms with Gasteiger partial charge in [0.05, 0.1) is 5.69 Å². The maximum absolute atomic E-state index is 13.9. The summed E-state index contributed by atoms with van der Waals surface area (Å²) in [5.74, 6) is -3.12. The van der Waals surface area contributed by atoms with Crippen molar-refractivity contribution in [3.05, 3.63) is 45.7 Å². The van der Waals surface area contributed by atoms with Crippen molar-refractivity contribution < 1.29 is 42.9 Å². The average molecular weight is 588 g/mol. The smallest absolute Gasteiger partial charge is 0.303 e. The second kappa shape index (κ2) is 13.4. The van der Waals surface area contributed by atoms with Crippen molar-refractivity contribution in [1.29, 1.82) is 5.26 Å². The monoisotopic (exact) mass is 587 g/mol. The molecule has 0 radical (unpaired) electrons. The Kier molecular flexibility index (Phi) is 10.3. The van der Waals surface area contributed by atoms with Crippen molar-refractivity contribution in [3.8, 4) is 17.3 Å². The van der Waals surface area contributed by atoms with E-state index < -0.39 is 66.7 Å². The zero-order chi connectivity index (χ0) is 30.4. The molecule has 1 aliphatic heterocycles. The number of carbonyl (C=O) groups excluding carboxylic acids is 4. The van der Waals surface area contributed by atoms with Gasteiger partial charge in [-0.2, -0.15) is 5.26 Å². The number of nitrogens with zero attached hydrogens (tertiary/aromatic N) is 3. The van der Waals surface area contributed by atoms with Gasteiger partial charge in [0.15, 0.2) is 29.7 Å². The van der Waals surface area contributed by atoms with Crippen molar-refractivity contribution in [2.75, 3.05) is 12.9 Å². The molecule has 1 aliphatic rings. The van der Waals surface area contributed by atoms with E-state index >= 15 is 0 Å². The lowest BCUT2D eigenvalue weighted by Gasteiger charge is -2.45. The lowest BCUT2D eigenvalue weighted by molar-refractivity contribution is -0.270. The summed E-state index contributed by atoms with van der Waals surface area (Å²) >= 11 is 1.04. The fourth-order valence-corrected chi connectivity index (χ4v) is 4.88. The van der Waals surface area contributed by atoms with Gasteiger partial charge in [0.25, 0.3) is 5.56 Å². The van der Waals surface area contributed by atoms with Gasteiger partial charge in [-0.25, -0.2) is 4.98 Å². The minimum Gasteiger partial charge on any atom is -0.463 e. The maximum atomic E-state index is 13.9. The van der Waals surface area contributed by atoms with Gasteiger partial charge in [0.1, 0.15) is 24.3 Å². The van der Waals surface area contributed by atoms with E-state index in [1.54, 1.807) is 18.4 Å². The Labute approximate surface area is 239 Å². The molecule has 1 aromatic carbocycles. The summed E-state index contributed by atoms with van der Waals surface area (Å²) in [6.45, 7) is 5.84. The van der Waals surface area contributed by atoms with Crippen LogP contribution in [0.2, 0.25) is 0 Å². The molecule has 2 heterocycles. The predicted molar refractivity (Wildman–Crippen MR) is 142 cm³/mol. The lowest BCUT2D eigenvalue weighted by Crippen LogP contribution is -2.61. The summed E-state index contributed by atoms with van der Waals surface area (Å²) in [6, 6.07) is 8.96. The molecule has 1 aromatic heterocycles. The molecule has 1 saturated heterocycles. The first-order valence-electron chi connectivity index (χ1n) is 12.4. The third-order valence-corrected chi connectivity index (χ3v) is 6.58. The molecule has 0 saturated carbocycles. The van der Waals surface area contributed by atoms with Crippen molar-refractivity contribution in [3.63, 3.8) is 0 Å². The van der Waals surface area contributed by atoms with E-state index in [0.29, 0.717) is 5.56 Å². The van der Waals surface area contributed by atoms with E-state index in [2.05, 4.69) is 4.98 Å². The highest BCUT2D eigenvalue weighted by molar-refractivity contribution is 7.98. The fraction of sp³-hybridized carbons (Fsp3) is 0.444. The number of nitriles is 1. The Hall–Kier alpha value is -4.22. The summed E-state index contributed by atoms with van der Waals surface area (Å²) in [7, 11) is 0. The minimum absolute atomic E-state index is 0.0745. The maximum Gasteiger partial charge on any atom is 0.303 e. The molecular formula is C27H29N3O10S. The third kappa shape index (κ3) is 7.30. The zero-order valence-electron chi connectivity index (χ0n) is 23.2. The molecule has 13 nitrogen and oxygen atoms in total. The number of aromatic nitrogens is 2. The topological polar surface area (TPSA) is 173 Å². The number of esters is 4. The van der Waals surface area contributed by atoms with Crippen LogP contribution in [0.3, 0.4) is 0 Å². The molecule has 0 N–H and O–H groups in total. The van der Waals surface area contributed by atoms with Gasteiger partial charge >= 0.3 is 23.9 Å². The zero-order valence-corrected chi connectivity index (χ0v) is 24.1. The Morgan fingerprint density at radius 2 is 1.51 bits per heavy atom. The van der Waals surface area contributed by atoms with E-state index in [0.717, 1.165) is 49.6 Å². The molecule has 0 amide bonds. The van der Waals surface area contributed by atoms with Crippen LogP contribution in [0.15, 0.2) is 34.2 Å². The van der Waals surface area contributed by atoms with Crippen LogP contribution in [0.1, 0.15) is 45.0 Å². The number of hydrogen-bond acceptors (Lipinski definition) is 13. The molecule has 3 rings (SSSR count). The van der Waals surface area contributed by atoms with Crippen molar-refractivity contribution in [2.45, 2.75) is 70.4 Å². The molecular weight excluding hydrogens is 558 g/mol. The molecule has 0 aliphatic carbocycles. The van der Waals surface area contributed by atoms with E-state index in [4.69, 9.17) is 23.7 Å². The van der Waals surface area contributed by atoms with Crippen molar-refractivity contribution in [2.24, 2.45) is 0 Å². The molecule has 5 atom stereocenters. The van der Waals surface area contributed by atoms with Gasteiger partial charge in [-0.15, -0.1) is 0 Å². The molecule has 2 aromatic rings. The Morgan fingerprint density at radius 1 is 0.951 bits per heavy atom. The van der Waals surface area contributed by atoms with Gasteiger partial charge in [-0.1, -0.05) is 41.6 Å². The quantitative estimate of drug-likeness (QED) is 0.190. The van der Waals surface area contributed by atoms with Crippen LogP contribution < -0.4 is 5.56 Å². The van der Waals surface area contributed by atoms with E-state index in [9.17, 15) is 29.2 Å². The SMILES string of the molecule is CSc1nc(-c2ccc(C)cc2)c(C#N)c(=O)n1[C@@H]1O[C@H](COC(C)=O)[C@@H](OC(C)=O)[C@H](OC(C)=O)[C@H]1OC(C)=O. The van der Waals surface area contributed by atoms with Gasteiger partial charge in [0, 0.05) is 33.3 Å². The fourth-order valence-electron chi connectivity index (χ4n) is 4.32. The summed E-state index contributed by atoms with van der Waals surface area (Å²) < 4.78 is 28.6. The van der Waals surface area contributed by atoms with Crippen LogP contribution in [0.25, 0.3) is 11.3 Å².